The van der Waals surface area contributed by atoms with Gasteiger partial charge in [-0.15, -0.1) is 0 Å². The Kier molecular flexibility index (Phi) is 9.23. The molecule has 0 aliphatic carbocycles. The van der Waals surface area contributed by atoms with Gasteiger partial charge in [-0.05, 0) is 85.5 Å². The normalized spacial score (nSPS) is 14.6. The maximum absolute atomic E-state index is 7.30. The average molecular weight is 906 g/mol. The number of fused-ring (bicyclic) bond motifs is 8. The van der Waals surface area contributed by atoms with E-state index in [9.17, 15) is 0 Å². The molecule has 3 heterocycles. The standard InChI is InChI=1S/C63H47NO2Si2/c1-67(2,3)48-21-13-19-43(39-48)44-20-14-22-49(40-44)68(47-36-34-46(35-37-47)64-56-28-9-7-23-50(56)51-24-8-10-29-57(51)64)60-31-12-11-30-59(60)66-63-53(27-16-32-61(63)68)52-25-15-26-54-55-41-45(42-17-5-4-6-18-42)33-38-58(55)65-62(52)54/h4-41H,1-3H3. The Morgan fingerprint density at radius 3 is 1.79 bits per heavy atom. The van der Waals surface area contributed by atoms with E-state index < -0.39 is 16.1 Å². The SMILES string of the molecule is C[Si](C)(C)c1cccc(-c2cccc([Si]3(c4ccc(-n5c6ccccc6c6ccccc65)cc4)c4ccccc4Oc4c(-c5cccc6c5oc5ccc(-c7ccccc7)cc56)cccc43)c2)c1. The summed E-state index contributed by atoms with van der Waals surface area (Å²) in [5.74, 6) is 1.77. The summed E-state index contributed by atoms with van der Waals surface area (Å²) in [4.78, 5) is 0. The molecule has 0 saturated heterocycles. The zero-order chi connectivity index (χ0) is 45.6. The molecule has 1 atom stereocenters. The molecule has 0 bridgehead atoms. The first kappa shape index (κ1) is 40.3. The minimum atomic E-state index is -3.17. The smallest absolute Gasteiger partial charge is 0.188 e. The van der Waals surface area contributed by atoms with Gasteiger partial charge in [0.2, 0.25) is 0 Å². The molecule has 0 N–H and O–H groups in total. The van der Waals surface area contributed by atoms with Gasteiger partial charge in [0, 0.05) is 38.4 Å². The summed E-state index contributed by atoms with van der Waals surface area (Å²) in [7, 11) is -4.74. The van der Waals surface area contributed by atoms with Crippen LogP contribution < -0.4 is 30.7 Å². The molecule has 1 unspecified atom stereocenters. The highest BCUT2D eigenvalue weighted by Gasteiger charge is 2.49. The van der Waals surface area contributed by atoms with Crippen molar-refractivity contribution in [3.8, 4) is 50.6 Å². The van der Waals surface area contributed by atoms with Gasteiger partial charge in [0.25, 0.3) is 0 Å². The second-order valence-corrected chi connectivity index (χ2v) is 28.0. The Balaban J connectivity index is 1.06. The summed E-state index contributed by atoms with van der Waals surface area (Å²) >= 11 is 0. The molecule has 2 aromatic heterocycles. The number of nitrogens with zero attached hydrogens (tertiary/aromatic N) is 1. The van der Waals surface area contributed by atoms with Crippen molar-refractivity contribution in [2.24, 2.45) is 0 Å². The summed E-state index contributed by atoms with van der Waals surface area (Å²) in [6.45, 7) is 7.28. The van der Waals surface area contributed by atoms with Crippen LogP contribution in [0.4, 0.5) is 0 Å². The van der Waals surface area contributed by atoms with Gasteiger partial charge >= 0.3 is 0 Å². The first-order valence-corrected chi connectivity index (χ1v) is 29.1. The summed E-state index contributed by atoms with van der Waals surface area (Å²) in [5, 5.41) is 11.2. The molecular formula is C63H47NO2Si2. The molecule has 324 valence electrons. The number of aromatic nitrogens is 1. The average Bonchev–Trinajstić information content (AvgIpc) is 3.94. The Hall–Kier alpha value is -7.97. The maximum atomic E-state index is 7.30. The topological polar surface area (TPSA) is 27.3 Å². The fourth-order valence-corrected chi connectivity index (χ4v) is 17.2. The molecule has 5 heteroatoms. The van der Waals surface area contributed by atoms with E-state index in [1.54, 1.807) is 0 Å². The molecule has 0 fully saturated rings. The van der Waals surface area contributed by atoms with Gasteiger partial charge in [0.15, 0.2) is 8.07 Å². The maximum Gasteiger partial charge on any atom is 0.188 e. The van der Waals surface area contributed by atoms with Crippen molar-refractivity contribution >= 4 is 85.8 Å². The predicted octanol–water partition coefficient (Wildman–Crippen LogP) is 13.7. The Bertz CT molecular complexity index is 3880. The molecule has 0 radical (unpaired) electrons. The van der Waals surface area contributed by atoms with Crippen molar-refractivity contribution in [1.29, 1.82) is 0 Å². The molecule has 12 aromatic rings. The molecule has 3 nitrogen and oxygen atoms in total. The summed E-state index contributed by atoms with van der Waals surface area (Å²) < 4.78 is 16.6. The third-order valence-electron chi connectivity index (χ3n) is 14.3. The fourth-order valence-electron chi connectivity index (χ4n) is 11.0. The highest BCUT2D eigenvalue weighted by atomic mass is 28.3. The lowest BCUT2D eigenvalue weighted by Crippen LogP contribution is -2.76. The molecule has 0 saturated carbocycles. The van der Waals surface area contributed by atoms with Crippen molar-refractivity contribution in [3.05, 3.63) is 231 Å². The highest BCUT2D eigenvalue weighted by molar-refractivity contribution is 7.20. The number of rotatable bonds is 7. The van der Waals surface area contributed by atoms with Crippen LogP contribution in [0.1, 0.15) is 0 Å². The van der Waals surface area contributed by atoms with Crippen LogP contribution in [0.25, 0.3) is 82.8 Å². The molecule has 68 heavy (non-hydrogen) atoms. The van der Waals surface area contributed by atoms with Crippen molar-refractivity contribution in [1.82, 2.24) is 4.57 Å². The van der Waals surface area contributed by atoms with E-state index >= 15 is 0 Å². The molecule has 10 aromatic carbocycles. The van der Waals surface area contributed by atoms with Crippen LogP contribution in [0.3, 0.4) is 0 Å². The lowest BCUT2D eigenvalue weighted by molar-refractivity contribution is 0.489. The summed E-state index contributed by atoms with van der Waals surface area (Å²) in [6, 6.07) is 84.9. The monoisotopic (exact) mass is 905 g/mol. The van der Waals surface area contributed by atoms with Crippen LogP contribution in [0.2, 0.25) is 19.6 Å². The van der Waals surface area contributed by atoms with E-state index in [2.05, 4.69) is 255 Å². The van der Waals surface area contributed by atoms with Gasteiger partial charge < -0.3 is 13.7 Å². The van der Waals surface area contributed by atoms with E-state index in [0.29, 0.717) is 0 Å². The first-order valence-electron chi connectivity index (χ1n) is 23.6. The zero-order valence-corrected chi connectivity index (χ0v) is 40.2. The number of benzene rings is 10. The summed E-state index contributed by atoms with van der Waals surface area (Å²) in [5.41, 5.74) is 12.1. The van der Waals surface area contributed by atoms with E-state index in [4.69, 9.17) is 9.15 Å². The van der Waals surface area contributed by atoms with Crippen molar-refractivity contribution < 1.29 is 9.15 Å². The van der Waals surface area contributed by atoms with E-state index in [1.807, 2.05) is 0 Å². The molecule has 1 aliphatic heterocycles. The van der Waals surface area contributed by atoms with Crippen LogP contribution in [0, 0.1) is 0 Å². The molecular weight excluding hydrogens is 859 g/mol. The molecule has 0 spiro atoms. The fraction of sp³-hybridized carbons (Fsp3) is 0.0476. The van der Waals surface area contributed by atoms with Gasteiger partial charge in [-0.2, -0.15) is 0 Å². The predicted molar refractivity (Wildman–Crippen MR) is 291 cm³/mol. The first-order chi connectivity index (χ1) is 33.3. The Morgan fingerprint density at radius 1 is 0.412 bits per heavy atom. The van der Waals surface area contributed by atoms with Gasteiger partial charge in [-0.1, -0.05) is 213 Å². The van der Waals surface area contributed by atoms with Crippen LogP contribution >= 0.6 is 0 Å². The molecule has 1 aliphatic rings. The third kappa shape index (κ3) is 6.23. The van der Waals surface area contributed by atoms with Crippen LogP contribution in [0.5, 0.6) is 11.5 Å². The lowest BCUT2D eigenvalue weighted by atomic mass is 9.99. The van der Waals surface area contributed by atoms with Gasteiger partial charge in [0.05, 0.1) is 19.1 Å². The number of furan rings is 1. The van der Waals surface area contributed by atoms with Crippen molar-refractivity contribution in [3.63, 3.8) is 0 Å². The van der Waals surface area contributed by atoms with Gasteiger partial charge in [-0.25, -0.2) is 0 Å². The minimum absolute atomic E-state index is 0.857. The Morgan fingerprint density at radius 2 is 1.01 bits per heavy atom. The lowest BCUT2D eigenvalue weighted by Gasteiger charge is -2.40. The second-order valence-electron chi connectivity index (χ2n) is 19.2. The van der Waals surface area contributed by atoms with Crippen molar-refractivity contribution in [2.75, 3.05) is 0 Å². The van der Waals surface area contributed by atoms with Crippen LogP contribution in [-0.4, -0.2) is 20.7 Å². The minimum Gasteiger partial charge on any atom is -0.457 e. The summed E-state index contributed by atoms with van der Waals surface area (Å²) in [6.07, 6.45) is 0. The largest absolute Gasteiger partial charge is 0.457 e. The van der Waals surface area contributed by atoms with E-state index in [-0.39, 0.29) is 0 Å². The second kappa shape index (κ2) is 15.6. The van der Waals surface area contributed by atoms with Crippen molar-refractivity contribution in [2.45, 2.75) is 19.6 Å². The van der Waals surface area contributed by atoms with Gasteiger partial charge in [0.1, 0.15) is 22.7 Å². The number of para-hydroxylation sites is 5. The molecule has 0 amide bonds. The molecule has 13 rings (SSSR count). The highest BCUT2D eigenvalue weighted by Crippen LogP contribution is 2.43. The van der Waals surface area contributed by atoms with E-state index in [0.717, 1.165) is 55.8 Å². The van der Waals surface area contributed by atoms with E-state index in [1.165, 1.54) is 64.4 Å². The number of hydrogen-bond acceptors (Lipinski definition) is 2. The van der Waals surface area contributed by atoms with Crippen LogP contribution in [-0.2, 0) is 0 Å². The quantitative estimate of drug-likeness (QED) is 0.149. The Labute approximate surface area is 398 Å². The number of ether oxygens (including phenoxy) is 1. The third-order valence-corrected chi connectivity index (χ3v) is 21.2. The van der Waals surface area contributed by atoms with Crippen LogP contribution in [0.15, 0.2) is 235 Å². The number of hydrogen-bond donors (Lipinski definition) is 0. The zero-order valence-electron chi connectivity index (χ0n) is 38.2. The van der Waals surface area contributed by atoms with Gasteiger partial charge in [-0.3, -0.25) is 0 Å².